The molecule has 1 amide bonds. The molecule has 1 aliphatic rings. The Balaban J connectivity index is 1.76. The molecule has 0 spiro atoms. The highest BCUT2D eigenvalue weighted by Crippen LogP contribution is 2.32. The third-order valence-corrected chi connectivity index (χ3v) is 5.26. The number of nitrogens with zero attached hydrogens (tertiary/aromatic N) is 2. The van der Waals surface area contributed by atoms with Crippen molar-refractivity contribution < 1.29 is 9.90 Å². The fourth-order valence-corrected chi connectivity index (χ4v) is 3.40. The summed E-state index contributed by atoms with van der Waals surface area (Å²) < 4.78 is 2.03. The molecular formula is C19H25N3O2. The van der Waals surface area contributed by atoms with Crippen LogP contribution in [0.1, 0.15) is 40.2 Å². The van der Waals surface area contributed by atoms with Gasteiger partial charge < -0.3 is 15.0 Å². The van der Waals surface area contributed by atoms with Gasteiger partial charge in [-0.25, -0.2) is 0 Å². The third-order valence-electron chi connectivity index (χ3n) is 5.26. The number of amides is 1. The molecular weight excluding hydrogens is 302 g/mol. The number of rotatable bonds is 5. The van der Waals surface area contributed by atoms with E-state index in [1.54, 1.807) is 12.4 Å². The second-order valence-electron chi connectivity index (χ2n) is 6.87. The molecule has 0 aliphatic heterocycles. The van der Waals surface area contributed by atoms with Crippen molar-refractivity contribution in [1.29, 1.82) is 0 Å². The number of aryl methyl sites for hydroxylation is 1. The number of carbonyl (C=O) groups is 1. The first kappa shape index (κ1) is 16.7. The number of aromatic nitrogens is 2. The predicted molar refractivity (Wildman–Crippen MR) is 92.8 cm³/mol. The van der Waals surface area contributed by atoms with Crippen LogP contribution >= 0.6 is 0 Å². The maximum atomic E-state index is 12.8. The zero-order chi connectivity index (χ0) is 17.3. The van der Waals surface area contributed by atoms with Gasteiger partial charge in [0.1, 0.15) is 0 Å². The van der Waals surface area contributed by atoms with E-state index in [1.165, 1.54) is 0 Å². The van der Waals surface area contributed by atoms with E-state index < -0.39 is 0 Å². The van der Waals surface area contributed by atoms with Crippen LogP contribution in [0.3, 0.4) is 0 Å². The molecule has 0 unspecified atom stereocenters. The second kappa shape index (κ2) is 6.77. The molecule has 0 saturated heterocycles. The summed E-state index contributed by atoms with van der Waals surface area (Å²) in [6.45, 7) is 3.97. The van der Waals surface area contributed by atoms with Crippen LogP contribution in [0.4, 0.5) is 0 Å². The molecule has 1 saturated carbocycles. The summed E-state index contributed by atoms with van der Waals surface area (Å²) in [6, 6.07) is 5.92. The first-order valence-corrected chi connectivity index (χ1v) is 8.46. The number of aliphatic hydroxyl groups is 1. The van der Waals surface area contributed by atoms with Gasteiger partial charge in [-0.2, -0.15) is 0 Å². The number of hydrogen-bond donors (Lipinski definition) is 2. The van der Waals surface area contributed by atoms with Gasteiger partial charge in [-0.15, -0.1) is 0 Å². The van der Waals surface area contributed by atoms with Gasteiger partial charge in [0.05, 0.1) is 11.7 Å². The Bertz CT molecular complexity index is 718. The molecule has 1 atom stereocenters. The molecule has 0 bridgehead atoms. The zero-order valence-electron chi connectivity index (χ0n) is 14.5. The standard InChI is InChI=1S/C19H25N3O2/c1-12-8-17(13(2)22(12)3)19(24)21-18(15-10-16(23)11-15)9-14-4-6-20-7-5-14/h4-8,15-16,18,23H,9-11H2,1-3H3,(H,21,24)/t15?,16?,18-/m0/s1. The highest BCUT2D eigenvalue weighted by atomic mass is 16.3. The van der Waals surface area contributed by atoms with Crippen LogP contribution in [-0.2, 0) is 13.5 Å². The summed E-state index contributed by atoms with van der Waals surface area (Å²) in [6.07, 6.45) is 5.58. The minimum Gasteiger partial charge on any atom is -0.393 e. The second-order valence-corrected chi connectivity index (χ2v) is 6.87. The Morgan fingerprint density at radius 2 is 2.04 bits per heavy atom. The van der Waals surface area contributed by atoms with Gasteiger partial charge in [0.2, 0.25) is 0 Å². The Kier molecular flexibility index (Phi) is 4.71. The molecule has 2 aromatic rings. The fraction of sp³-hybridized carbons (Fsp3) is 0.474. The van der Waals surface area contributed by atoms with Crippen LogP contribution in [0, 0.1) is 19.8 Å². The Hall–Kier alpha value is -2.14. The monoisotopic (exact) mass is 327 g/mol. The van der Waals surface area contributed by atoms with Gasteiger partial charge in [0.25, 0.3) is 5.91 Å². The van der Waals surface area contributed by atoms with Crippen molar-refractivity contribution in [3.8, 4) is 0 Å². The van der Waals surface area contributed by atoms with Crippen LogP contribution in [0.2, 0.25) is 0 Å². The lowest BCUT2D eigenvalue weighted by molar-refractivity contribution is 0.0239. The average Bonchev–Trinajstić information content (AvgIpc) is 2.80. The summed E-state index contributed by atoms with van der Waals surface area (Å²) in [5, 5.41) is 12.8. The minimum atomic E-state index is -0.229. The van der Waals surface area contributed by atoms with Crippen LogP contribution in [0.15, 0.2) is 30.6 Å². The normalized spacial score (nSPS) is 21.2. The molecule has 3 rings (SSSR count). The summed E-state index contributed by atoms with van der Waals surface area (Å²) in [4.78, 5) is 16.8. The van der Waals surface area contributed by atoms with Crippen molar-refractivity contribution in [1.82, 2.24) is 14.9 Å². The van der Waals surface area contributed by atoms with Crippen LogP contribution in [0.25, 0.3) is 0 Å². The van der Waals surface area contributed by atoms with Crippen molar-refractivity contribution in [2.45, 2.75) is 45.3 Å². The first-order chi connectivity index (χ1) is 11.5. The van der Waals surface area contributed by atoms with Crippen molar-refractivity contribution in [3.05, 3.63) is 53.1 Å². The predicted octanol–water partition coefficient (Wildman–Crippen LogP) is 2.15. The van der Waals surface area contributed by atoms with Crippen molar-refractivity contribution in [2.75, 3.05) is 0 Å². The minimum absolute atomic E-state index is 0.0308. The summed E-state index contributed by atoms with van der Waals surface area (Å²) in [7, 11) is 1.97. The molecule has 0 aromatic carbocycles. The van der Waals surface area contributed by atoms with Crippen molar-refractivity contribution in [2.24, 2.45) is 13.0 Å². The van der Waals surface area contributed by atoms with Crippen molar-refractivity contribution in [3.63, 3.8) is 0 Å². The van der Waals surface area contributed by atoms with Crippen molar-refractivity contribution >= 4 is 5.91 Å². The van der Waals surface area contributed by atoms with E-state index in [1.807, 2.05) is 43.7 Å². The highest BCUT2D eigenvalue weighted by Gasteiger charge is 2.35. The Morgan fingerprint density at radius 3 is 2.58 bits per heavy atom. The Morgan fingerprint density at radius 1 is 1.38 bits per heavy atom. The van der Waals surface area contributed by atoms with E-state index in [9.17, 15) is 9.90 Å². The van der Waals surface area contributed by atoms with E-state index in [4.69, 9.17) is 0 Å². The number of aliphatic hydroxyl groups excluding tert-OH is 1. The molecule has 2 heterocycles. The highest BCUT2D eigenvalue weighted by molar-refractivity contribution is 5.95. The number of hydrogen-bond acceptors (Lipinski definition) is 3. The lowest BCUT2D eigenvalue weighted by Crippen LogP contribution is -2.48. The van der Waals surface area contributed by atoms with Gasteiger partial charge in [-0.1, -0.05) is 0 Å². The van der Waals surface area contributed by atoms with Gasteiger partial charge in [0.15, 0.2) is 0 Å². The van der Waals surface area contributed by atoms with E-state index in [-0.39, 0.29) is 18.1 Å². The molecule has 128 valence electrons. The molecule has 1 aliphatic carbocycles. The summed E-state index contributed by atoms with van der Waals surface area (Å²) in [5.41, 5.74) is 3.93. The lowest BCUT2D eigenvalue weighted by Gasteiger charge is -2.38. The molecule has 0 radical (unpaired) electrons. The number of carbonyl (C=O) groups excluding carboxylic acids is 1. The van der Waals surface area contributed by atoms with E-state index >= 15 is 0 Å². The topological polar surface area (TPSA) is 67.2 Å². The molecule has 5 heteroatoms. The fourth-order valence-electron chi connectivity index (χ4n) is 3.40. The molecule has 5 nitrogen and oxygen atoms in total. The largest absolute Gasteiger partial charge is 0.393 e. The van der Waals surface area contributed by atoms with Gasteiger partial charge in [0, 0.05) is 36.9 Å². The third kappa shape index (κ3) is 3.36. The summed E-state index contributed by atoms with van der Waals surface area (Å²) >= 11 is 0. The number of nitrogens with one attached hydrogen (secondary N) is 1. The maximum Gasteiger partial charge on any atom is 0.253 e. The average molecular weight is 327 g/mol. The van der Waals surface area contributed by atoms with E-state index in [0.29, 0.717) is 5.92 Å². The smallest absolute Gasteiger partial charge is 0.253 e. The molecule has 1 fully saturated rings. The van der Waals surface area contributed by atoms with Crippen LogP contribution in [-0.4, -0.2) is 32.7 Å². The molecule has 2 aromatic heterocycles. The SMILES string of the molecule is Cc1cc(C(=O)N[C@@H](Cc2ccncc2)C2CC(O)C2)c(C)n1C. The maximum absolute atomic E-state index is 12.8. The van der Waals surface area contributed by atoms with Crippen LogP contribution in [0.5, 0.6) is 0 Å². The number of pyridine rings is 1. The first-order valence-electron chi connectivity index (χ1n) is 8.46. The van der Waals surface area contributed by atoms with E-state index in [0.717, 1.165) is 41.8 Å². The Labute approximate surface area is 142 Å². The zero-order valence-corrected chi connectivity index (χ0v) is 14.5. The lowest BCUT2D eigenvalue weighted by atomic mass is 9.75. The van der Waals surface area contributed by atoms with Gasteiger partial charge >= 0.3 is 0 Å². The molecule has 24 heavy (non-hydrogen) atoms. The van der Waals surface area contributed by atoms with Gasteiger partial charge in [-0.05, 0) is 62.8 Å². The summed E-state index contributed by atoms with van der Waals surface area (Å²) in [5.74, 6) is 0.291. The quantitative estimate of drug-likeness (QED) is 0.884. The van der Waals surface area contributed by atoms with Crippen LogP contribution < -0.4 is 5.32 Å². The van der Waals surface area contributed by atoms with Gasteiger partial charge in [-0.3, -0.25) is 9.78 Å². The van der Waals surface area contributed by atoms with E-state index in [2.05, 4.69) is 10.3 Å². The molecule has 2 N–H and O–H groups in total.